The quantitative estimate of drug-likeness (QED) is 0.455. The Morgan fingerprint density at radius 1 is 1.00 bits per heavy atom. The van der Waals surface area contributed by atoms with Crippen LogP contribution in [0.2, 0.25) is 0 Å². The lowest BCUT2D eigenvalue weighted by atomic mass is 9.33. The molecule has 5 rings (SSSR count). The van der Waals surface area contributed by atoms with Crippen LogP contribution in [0.5, 0.6) is 0 Å². The van der Waals surface area contributed by atoms with E-state index in [0.29, 0.717) is 25.2 Å². The molecule has 0 radical (unpaired) electrons. The molecule has 196 valence electrons. The van der Waals surface area contributed by atoms with E-state index in [1.807, 2.05) is 13.8 Å². The summed E-state index contributed by atoms with van der Waals surface area (Å²) in [5, 5.41) is 32.8. The molecule has 5 heteroatoms. The summed E-state index contributed by atoms with van der Waals surface area (Å²) in [5.41, 5.74) is -1.70. The van der Waals surface area contributed by atoms with Gasteiger partial charge in [0.2, 0.25) is 0 Å². The van der Waals surface area contributed by atoms with Gasteiger partial charge >= 0.3 is 5.97 Å². The van der Waals surface area contributed by atoms with Crippen LogP contribution in [0, 0.1) is 50.7 Å². The summed E-state index contributed by atoms with van der Waals surface area (Å²) in [6.07, 6.45) is 9.29. The minimum absolute atomic E-state index is 0.0412. The Bertz CT molecular complexity index is 983. The number of aliphatic carboxylic acids is 1. The van der Waals surface area contributed by atoms with E-state index >= 15 is 0 Å². The predicted octanol–water partition coefficient (Wildman–Crippen LogP) is 5.39. The molecule has 0 aromatic carbocycles. The fourth-order valence-corrected chi connectivity index (χ4v) is 10.7. The first kappa shape index (κ1) is 25.4. The van der Waals surface area contributed by atoms with Gasteiger partial charge in [-0.15, -0.1) is 0 Å². The highest BCUT2D eigenvalue weighted by molar-refractivity contribution is 5.86. The summed E-state index contributed by atoms with van der Waals surface area (Å²) in [6, 6.07) is 0. The number of allylic oxidation sites excluding steroid dienone is 1. The summed E-state index contributed by atoms with van der Waals surface area (Å²) in [6.45, 7) is 13.0. The zero-order valence-electron chi connectivity index (χ0n) is 22.6. The Kier molecular flexibility index (Phi) is 5.40. The molecule has 35 heavy (non-hydrogen) atoms. The number of aliphatic hydroxyl groups excluding tert-OH is 1. The average Bonchev–Trinajstić information content (AvgIpc) is 2.79. The van der Waals surface area contributed by atoms with Crippen LogP contribution in [-0.2, 0) is 9.59 Å². The van der Waals surface area contributed by atoms with Crippen molar-refractivity contribution in [3.8, 4) is 0 Å². The topological polar surface area (TPSA) is 94.8 Å². The van der Waals surface area contributed by atoms with Gasteiger partial charge in [-0.1, -0.05) is 46.3 Å². The first-order valence-corrected chi connectivity index (χ1v) is 14.0. The summed E-state index contributed by atoms with van der Waals surface area (Å²) in [5.74, 6) is -0.321. The van der Waals surface area contributed by atoms with Crippen molar-refractivity contribution in [3.63, 3.8) is 0 Å². The molecule has 10 atom stereocenters. The van der Waals surface area contributed by atoms with Crippen LogP contribution in [0.15, 0.2) is 11.6 Å². The Labute approximate surface area is 210 Å². The van der Waals surface area contributed by atoms with Crippen LogP contribution >= 0.6 is 0 Å². The lowest BCUT2D eigenvalue weighted by molar-refractivity contribution is -0.209. The van der Waals surface area contributed by atoms with Crippen molar-refractivity contribution in [2.75, 3.05) is 6.61 Å². The maximum atomic E-state index is 13.0. The molecule has 5 unspecified atom stereocenters. The molecule has 0 heterocycles. The van der Waals surface area contributed by atoms with Crippen LogP contribution in [-0.4, -0.2) is 39.3 Å². The van der Waals surface area contributed by atoms with Gasteiger partial charge in [0.25, 0.3) is 0 Å². The van der Waals surface area contributed by atoms with E-state index in [-0.39, 0.29) is 46.4 Å². The van der Waals surface area contributed by atoms with Crippen molar-refractivity contribution in [2.24, 2.45) is 50.7 Å². The number of aliphatic hydroxyl groups is 2. The molecule has 0 spiro atoms. The molecular formula is C30H46O5. The highest BCUT2D eigenvalue weighted by Crippen LogP contribution is 2.75. The lowest BCUT2D eigenvalue weighted by Gasteiger charge is -2.71. The van der Waals surface area contributed by atoms with E-state index in [2.05, 4.69) is 33.8 Å². The van der Waals surface area contributed by atoms with E-state index in [4.69, 9.17) is 0 Å². The number of Topliss-reactive ketones (excluding diaryl/α,β-unsaturated/α-hetero) is 1. The Balaban J connectivity index is 1.64. The molecule has 0 aromatic heterocycles. The maximum Gasteiger partial charge on any atom is 0.310 e. The molecule has 3 N–H and O–H groups in total. The van der Waals surface area contributed by atoms with Crippen molar-refractivity contribution in [1.29, 1.82) is 0 Å². The number of rotatable bonds is 2. The molecule has 0 saturated heterocycles. The minimum Gasteiger partial charge on any atom is -0.481 e. The lowest BCUT2D eigenvalue weighted by Crippen LogP contribution is -2.67. The van der Waals surface area contributed by atoms with Gasteiger partial charge in [0, 0.05) is 12.3 Å². The van der Waals surface area contributed by atoms with Gasteiger partial charge in [-0.2, -0.15) is 0 Å². The van der Waals surface area contributed by atoms with Crippen LogP contribution < -0.4 is 0 Å². The van der Waals surface area contributed by atoms with Crippen molar-refractivity contribution >= 4 is 11.8 Å². The molecule has 0 amide bonds. The normalized spacial score (nSPS) is 55.7. The first-order chi connectivity index (χ1) is 16.1. The molecule has 0 aliphatic heterocycles. The van der Waals surface area contributed by atoms with Gasteiger partial charge in [0.05, 0.1) is 23.0 Å². The third-order valence-electron chi connectivity index (χ3n) is 13.4. The van der Waals surface area contributed by atoms with E-state index in [9.17, 15) is 24.9 Å². The number of hydrogen-bond donors (Lipinski definition) is 3. The second kappa shape index (κ2) is 7.43. The van der Waals surface area contributed by atoms with Crippen LogP contribution in [0.1, 0.15) is 99.3 Å². The highest BCUT2D eigenvalue weighted by atomic mass is 16.4. The molecule has 5 aliphatic carbocycles. The third kappa shape index (κ3) is 2.83. The van der Waals surface area contributed by atoms with Gasteiger partial charge in [-0.3, -0.25) is 9.59 Å². The zero-order chi connectivity index (χ0) is 25.8. The number of carboxylic acids is 1. The Morgan fingerprint density at radius 3 is 2.31 bits per heavy atom. The summed E-state index contributed by atoms with van der Waals surface area (Å²) >= 11 is 0. The number of hydrogen-bond acceptors (Lipinski definition) is 4. The third-order valence-corrected chi connectivity index (χ3v) is 13.4. The first-order valence-electron chi connectivity index (χ1n) is 14.0. The van der Waals surface area contributed by atoms with Gasteiger partial charge < -0.3 is 15.3 Å². The molecule has 5 nitrogen and oxygen atoms in total. The smallest absolute Gasteiger partial charge is 0.310 e. The van der Waals surface area contributed by atoms with Crippen molar-refractivity contribution in [1.82, 2.24) is 0 Å². The minimum atomic E-state index is -1.05. The SMILES string of the molecule is CC1CC[C@]2(C(=O)O)CCC3(C)C(=CCC4[C@@]5(C)CCC(=O)[C@](C)(CO)C5CC[C@]43C)C2[C@]1(C)O. The van der Waals surface area contributed by atoms with E-state index in [0.717, 1.165) is 38.5 Å². The highest BCUT2D eigenvalue weighted by Gasteiger charge is 2.71. The molecule has 5 aliphatic rings. The number of carbonyl (C=O) groups excluding carboxylic acids is 1. The van der Waals surface area contributed by atoms with E-state index in [1.165, 1.54) is 5.57 Å². The van der Waals surface area contributed by atoms with Crippen molar-refractivity contribution < 1.29 is 24.9 Å². The second-order valence-corrected chi connectivity index (χ2v) is 14.4. The summed E-state index contributed by atoms with van der Waals surface area (Å²) in [4.78, 5) is 25.8. The van der Waals surface area contributed by atoms with Crippen LogP contribution in [0.4, 0.5) is 0 Å². The van der Waals surface area contributed by atoms with Crippen LogP contribution in [0.3, 0.4) is 0 Å². The van der Waals surface area contributed by atoms with Gasteiger partial charge in [0.1, 0.15) is 5.78 Å². The monoisotopic (exact) mass is 486 g/mol. The Morgan fingerprint density at radius 2 is 1.69 bits per heavy atom. The number of ketones is 1. The predicted molar refractivity (Wildman–Crippen MR) is 134 cm³/mol. The van der Waals surface area contributed by atoms with Crippen LogP contribution in [0.25, 0.3) is 0 Å². The molecule has 4 saturated carbocycles. The number of fused-ring (bicyclic) bond motifs is 7. The van der Waals surface area contributed by atoms with Crippen molar-refractivity contribution in [2.45, 2.75) is 105 Å². The second-order valence-electron chi connectivity index (χ2n) is 14.4. The molecular weight excluding hydrogens is 440 g/mol. The molecule has 0 aromatic rings. The maximum absolute atomic E-state index is 13.0. The largest absolute Gasteiger partial charge is 0.481 e. The number of carbonyl (C=O) groups is 2. The van der Waals surface area contributed by atoms with E-state index in [1.54, 1.807) is 0 Å². The standard InChI is InChI=1S/C30H46O5/c1-18-9-14-30(24(33)34)16-15-27(4)19(23(30)29(18,6)35)7-8-21-25(2)12-11-22(32)26(3,17-31)20(25)10-13-28(21,27)5/h7,18,20-21,23,31,35H,8-17H2,1-6H3,(H,33,34)/t18?,20?,21?,23?,25-,26+,27?,28+,29+,30-/m0/s1. The van der Waals surface area contributed by atoms with Crippen molar-refractivity contribution in [3.05, 3.63) is 11.6 Å². The fourth-order valence-electron chi connectivity index (χ4n) is 10.7. The summed E-state index contributed by atoms with van der Waals surface area (Å²) < 4.78 is 0. The molecule has 0 bridgehead atoms. The van der Waals surface area contributed by atoms with Gasteiger partial charge in [0.15, 0.2) is 0 Å². The van der Waals surface area contributed by atoms with Gasteiger partial charge in [-0.25, -0.2) is 0 Å². The molecule has 4 fully saturated rings. The van der Waals surface area contributed by atoms with Gasteiger partial charge in [-0.05, 0) is 92.3 Å². The number of carboxylic acid groups (broad SMARTS) is 1. The summed E-state index contributed by atoms with van der Waals surface area (Å²) in [7, 11) is 0. The fraction of sp³-hybridized carbons (Fsp3) is 0.867. The zero-order valence-corrected chi connectivity index (χ0v) is 22.6. The Hall–Kier alpha value is -1.20. The van der Waals surface area contributed by atoms with E-state index < -0.39 is 22.4 Å². The average molecular weight is 487 g/mol.